The van der Waals surface area contributed by atoms with Crippen LogP contribution in [0.2, 0.25) is 0 Å². The van der Waals surface area contributed by atoms with E-state index in [1.54, 1.807) is 0 Å². The predicted molar refractivity (Wildman–Crippen MR) is 107 cm³/mol. The van der Waals surface area contributed by atoms with E-state index in [0.717, 1.165) is 29.7 Å². The Morgan fingerprint density at radius 3 is 2.74 bits per heavy atom. The van der Waals surface area contributed by atoms with E-state index in [2.05, 4.69) is 40.6 Å². The summed E-state index contributed by atoms with van der Waals surface area (Å²) >= 11 is 0. The van der Waals surface area contributed by atoms with E-state index in [-0.39, 0.29) is 23.9 Å². The Labute approximate surface area is 161 Å². The lowest BCUT2D eigenvalue weighted by atomic mass is 9.89. The molecule has 1 aromatic carbocycles. The van der Waals surface area contributed by atoms with Crippen LogP contribution in [0.4, 0.5) is 0 Å². The van der Waals surface area contributed by atoms with Crippen LogP contribution in [0.1, 0.15) is 57.8 Å². The van der Waals surface area contributed by atoms with Gasteiger partial charge in [0.25, 0.3) is 0 Å². The fraction of sp³-hybridized carbons (Fsp3) is 0.619. The summed E-state index contributed by atoms with van der Waals surface area (Å²) < 4.78 is 2.11. The van der Waals surface area contributed by atoms with E-state index in [9.17, 15) is 4.79 Å². The quantitative estimate of drug-likeness (QED) is 0.775. The first-order valence-corrected chi connectivity index (χ1v) is 10.3. The molecule has 4 atom stereocenters. The molecule has 2 fully saturated rings. The molecule has 146 valence electrons. The van der Waals surface area contributed by atoms with Crippen LogP contribution in [0.3, 0.4) is 0 Å². The number of rotatable bonds is 4. The molecular weight excluding hydrogens is 338 g/mol. The summed E-state index contributed by atoms with van der Waals surface area (Å²) in [6, 6.07) is 8.27. The van der Waals surface area contributed by atoms with Crippen LogP contribution in [0.5, 0.6) is 0 Å². The van der Waals surface area contributed by atoms with Gasteiger partial charge in [-0.15, -0.1) is 0 Å². The number of nitrogens with zero attached hydrogens (tertiary/aromatic N) is 2. The standard InChI is InChI=1S/C21H31N5O/c1-13(2)18(20-22-16-11-7-8-12-17(16)26(20)3)23-21(27)19-14-9-5-4-6-10-15(14)24-25-19/h7-8,11-15,18-19,24-25H,4-6,9-10H2,1-3H3,(H,23,27). The van der Waals surface area contributed by atoms with Gasteiger partial charge in [-0.05, 0) is 30.9 Å². The van der Waals surface area contributed by atoms with Crippen molar-refractivity contribution in [2.45, 2.75) is 64.1 Å². The highest BCUT2D eigenvalue weighted by molar-refractivity contribution is 5.83. The third-order valence-corrected chi connectivity index (χ3v) is 6.27. The molecule has 1 amide bonds. The molecule has 2 aromatic rings. The van der Waals surface area contributed by atoms with Crippen molar-refractivity contribution >= 4 is 16.9 Å². The summed E-state index contributed by atoms with van der Waals surface area (Å²) in [4.78, 5) is 18.0. The maximum Gasteiger partial charge on any atom is 0.239 e. The van der Waals surface area contributed by atoms with Crippen LogP contribution < -0.4 is 16.2 Å². The zero-order valence-electron chi connectivity index (χ0n) is 16.5. The van der Waals surface area contributed by atoms with E-state index in [1.165, 1.54) is 19.3 Å². The highest BCUT2D eigenvalue weighted by Crippen LogP contribution is 2.30. The number of carbonyl (C=O) groups is 1. The monoisotopic (exact) mass is 369 g/mol. The Kier molecular flexibility index (Phi) is 5.19. The first-order chi connectivity index (χ1) is 13.1. The van der Waals surface area contributed by atoms with E-state index in [1.807, 2.05) is 25.2 Å². The highest BCUT2D eigenvalue weighted by atomic mass is 16.2. The van der Waals surface area contributed by atoms with E-state index in [4.69, 9.17) is 4.98 Å². The fourth-order valence-corrected chi connectivity index (χ4v) is 4.69. The van der Waals surface area contributed by atoms with Gasteiger partial charge in [-0.25, -0.2) is 10.4 Å². The molecule has 1 aromatic heterocycles. The highest BCUT2D eigenvalue weighted by Gasteiger charge is 2.41. The smallest absolute Gasteiger partial charge is 0.239 e. The Morgan fingerprint density at radius 2 is 1.96 bits per heavy atom. The molecule has 4 rings (SSSR count). The van der Waals surface area contributed by atoms with Crippen LogP contribution in [0.25, 0.3) is 11.0 Å². The molecule has 0 spiro atoms. The zero-order chi connectivity index (χ0) is 19.0. The Bertz CT molecular complexity index is 814. The van der Waals surface area contributed by atoms with Crippen molar-refractivity contribution in [3.8, 4) is 0 Å². The van der Waals surface area contributed by atoms with Crippen molar-refractivity contribution < 1.29 is 4.79 Å². The molecule has 0 radical (unpaired) electrons. The first kappa shape index (κ1) is 18.4. The number of para-hydroxylation sites is 2. The second-order valence-corrected chi connectivity index (χ2v) is 8.42. The topological polar surface area (TPSA) is 71.0 Å². The number of hydrogen-bond donors (Lipinski definition) is 3. The number of benzene rings is 1. The minimum atomic E-state index is -0.163. The van der Waals surface area contributed by atoms with Gasteiger partial charge in [-0.2, -0.15) is 0 Å². The lowest BCUT2D eigenvalue weighted by Gasteiger charge is -2.26. The summed E-state index contributed by atoms with van der Waals surface area (Å²) in [6.45, 7) is 4.28. The minimum Gasteiger partial charge on any atom is -0.344 e. The number of hydrogen-bond acceptors (Lipinski definition) is 4. The molecule has 2 aliphatic rings. The average Bonchev–Trinajstić information content (AvgIpc) is 3.12. The summed E-state index contributed by atoms with van der Waals surface area (Å²) in [5, 5.41) is 3.31. The molecular formula is C21H31N5O. The maximum atomic E-state index is 13.2. The lowest BCUT2D eigenvalue weighted by molar-refractivity contribution is -0.125. The first-order valence-electron chi connectivity index (χ1n) is 10.3. The molecule has 4 unspecified atom stereocenters. The van der Waals surface area contributed by atoms with Crippen LogP contribution in [0, 0.1) is 11.8 Å². The molecule has 1 saturated carbocycles. The predicted octanol–water partition coefficient (Wildman–Crippen LogP) is 2.81. The Balaban J connectivity index is 1.56. The lowest BCUT2D eigenvalue weighted by Crippen LogP contribution is -2.48. The molecule has 3 N–H and O–H groups in total. The van der Waals surface area contributed by atoms with Crippen LogP contribution >= 0.6 is 0 Å². The molecule has 6 nitrogen and oxygen atoms in total. The number of imidazole rings is 1. The van der Waals surface area contributed by atoms with Gasteiger partial charge in [0.15, 0.2) is 0 Å². The summed E-state index contributed by atoms with van der Waals surface area (Å²) in [5.74, 6) is 1.63. The number of aromatic nitrogens is 2. The fourth-order valence-electron chi connectivity index (χ4n) is 4.69. The van der Waals surface area contributed by atoms with Crippen LogP contribution in [0.15, 0.2) is 24.3 Å². The second-order valence-electron chi connectivity index (χ2n) is 8.42. The van der Waals surface area contributed by atoms with Crippen molar-refractivity contribution in [2.75, 3.05) is 0 Å². The van der Waals surface area contributed by atoms with Gasteiger partial charge in [-0.1, -0.05) is 45.2 Å². The number of carbonyl (C=O) groups excluding carboxylic acids is 1. The average molecular weight is 370 g/mol. The SMILES string of the molecule is CC(C)C(NC(=O)C1NNC2CCCCCC21)c1nc2ccccc2n1C. The van der Waals surface area contributed by atoms with Gasteiger partial charge >= 0.3 is 0 Å². The molecule has 1 aliphatic heterocycles. The molecule has 0 bridgehead atoms. The van der Waals surface area contributed by atoms with Crippen LogP contribution in [-0.4, -0.2) is 27.5 Å². The van der Waals surface area contributed by atoms with Gasteiger partial charge < -0.3 is 9.88 Å². The van der Waals surface area contributed by atoms with Gasteiger partial charge in [0.2, 0.25) is 5.91 Å². The molecule has 1 aliphatic carbocycles. The van der Waals surface area contributed by atoms with Gasteiger partial charge in [0, 0.05) is 19.0 Å². The maximum absolute atomic E-state index is 13.2. The molecule has 27 heavy (non-hydrogen) atoms. The van der Waals surface area contributed by atoms with E-state index < -0.39 is 0 Å². The van der Waals surface area contributed by atoms with Crippen molar-refractivity contribution in [1.29, 1.82) is 0 Å². The summed E-state index contributed by atoms with van der Waals surface area (Å²) in [7, 11) is 2.03. The van der Waals surface area contributed by atoms with Gasteiger partial charge in [-0.3, -0.25) is 10.2 Å². The number of nitrogens with one attached hydrogen (secondary N) is 3. The minimum absolute atomic E-state index is 0.0858. The Morgan fingerprint density at radius 1 is 1.19 bits per heavy atom. The third-order valence-electron chi connectivity index (χ3n) is 6.27. The molecule has 1 saturated heterocycles. The van der Waals surface area contributed by atoms with Crippen molar-refractivity contribution in [2.24, 2.45) is 18.9 Å². The summed E-state index contributed by atoms with van der Waals surface area (Å²) in [6.07, 6.45) is 6.00. The number of fused-ring (bicyclic) bond motifs is 2. The number of amides is 1. The second kappa shape index (κ2) is 7.60. The zero-order valence-corrected chi connectivity index (χ0v) is 16.5. The van der Waals surface area contributed by atoms with Crippen LogP contribution in [-0.2, 0) is 11.8 Å². The van der Waals surface area contributed by atoms with Crippen molar-refractivity contribution in [3.63, 3.8) is 0 Å². The van der Waals surface area contributed by atoms with Crippen molar-refractivity contribution in [3.05, 3.63) is 30.1 Å². The largest absolute Gasteiger partial charge is 0.344 e. The van der Waals surface area contributed by atoms with E-state index >= 15 is 0 Å². The number of aryl methyl sites for hydroxylation is 1. The summed E-state index contributed by atoms with van der Waals surface area (Å²) in [5.41, 5.74) is 8.71. The van der Waals surface area contributed by atoms with Gasteiger partial charge in [0.1, 0.15) is 11.9 Å². The van der Waals surface area contributed by atoms with E-state index in [0.29, 0.717) is 12.0 Å². The normalized spacial score (nSPS) is 26.7. The molecule has 2 heterocycles. The Hall–Kier alpha value is -1.92. The molecule has 6 heteroatoms. The van der Waals surface area contributed by atoms with Crippen molar-refractivity contribution in [1.82, 2.24) is 25.7 Å². The number of hydrazine groups is 1. The van der Waals surface area contributed by atoms with Gasteiger partial charge in [0.05, 0.1) is 17.1 Å². The third kappa shape index (κ3) is 3.48.